The van der Waals surface area contributed by atoms with Crippen LogP contribution in [0.25, 0.3) is 27.9 Å². The molecule has 0 unspecified atom stereocenters. The van der Waals surface area contributed by atoms with E-state index in [-0.39, 0.29) is 18.1 Å². The highest BCUT2D eigenvalue weighted by Gasteiger charge is 2.32. The van der Waals surface area contributed by atoms with Crippen LogP contribution >= 0.6 is 23.2 Å². The molecule has 0 aliphatic heterocycles. The van der Waals surface area contributed by atoms with Gasteiger partial charge >= 0.3 is 11.9 Å². The summed E-state index contributed by atoms with van der Waals surface area (Å²) < 4.78 is 46.4. The van der Waals surface area contributed by atoms with Crippen molar-refractivity contribution in [1.82, 2.24) is 24.4 Å². The largest absolute Gasteiger partial charge is 0.480 e. The molecule has 0 saturated heterocycles. The van der Waals surface area contributed by atoms with Gasteiger partial charge in [-0.1, -0.05) is 53.5 Å². The fraction of sp³-hybridized carbons (Fsp3) is 0.120. The van der Waals surface area contributed by atoms with Gasteiger partial charge in [-0.3, -0.25) is 4.98 Å². The van der Waals surface area contributed by atoms with Crippen molar-refractivity contribution in [2.45, 2.75) is 12.7 Å². The van der Waals surface area contributed by atoms with Crippen LogP contribution in [-0.4, -0.2) is 31.5 Å². The first kappa shape index (κ1) is 24.8. The van der Waals surface area contributed by atoms with Crippen molar-refractivity contribution in [2.75, 3.05) is 7.11 Å². The monoisotopic (exact) mass is 545 g/mol. The lowest BCUT2D eigenvalue weighted by atomic mass is 9.96. The maximum atomic E-state index is 13.3. The Morgan fingerprint density at radius 3 is 1.97 bits per heavy atom. The third-order valence-electron chi connectivity index (χ3n) is 5.60. The van der Waals surface area contributed by atoms with Crippen molar-refractivity contribution < 1.29 is 17.9 Å². The number of alkyl halides is 3. The predicted octanol–water partition coefficient (Wildman–Crippen LogP) is 6.00. The van der Waals surface area contributed by atoms with Gasteiger partial charge in [-0.15, -0.1) is 10.2 Å². The smallest absolute Gasteiger partial charge is 0.433 e. The van der Waals surface area contributed by atoms with E-state index in [9.17, 15) is 18.0 Å². The van der Waals surface area contributed by atoms with E-state index in [0.29, 0.717) is 32.3 Å². The second-order valence-corrected chi connectivity index (χ2v) is 8.87. The minimum absolute atomic E-state index is 0.119. The van der Waals surface area contributed by atoms with E-state index in [0.717, 1.165) is 27.0 Å². The van der Waals surface area contributed by atoms with Crippen LogP contribution in [0.15, 0.2) is 71.7 Å². The summed E-state index contributed by atoms with van der Waals surface area (Å²) in [5.41, 5.74) is 1.47. The number of halogens is 5. The molecule has 0 N–H and O–H groups in total. The molecule has 0 spiro atoms. The number of methoxy groups -OCH3 is 1. The highest BCUT2D eigenvalue weighted by Crippen LogP contribution is 2.40. The van der Waals surface area contributed by atoms with E-state index in [1.165, 1.54) is 13.2 Å². The molecule has 188 valence electrons. The topological polar surface area (TPSA) is 74.3 Å². The number of aromatic nitrogens is 5. The fourth-order valence-electron chi connectivity index (χ4n) is 3.88. The predicted molar refractivity (Wildman–Crippen MR) is 133 cm³/mol. The van der Waals surface area contributed by atoms with Gasteiger partial charge in [-0.25, -0.2) is 9.48 Å². The van der Waals surface area contributed by atoms with Crippen molar-refractivity contribution in [1.29, 1.82) is 0 Å². The molecule has 0 radical (unpaired) electrons. The number of fused-ring (bicyclic) bond motifs is 1. The van der Waals surface area contributed by atoms with Gasteiger partial charge in [0.1, 0.15) is 5.69 Å². The van der Waals surface area contributed by atoms with Crippen LogP contribution in [-0.2, 0) is 12.7 Å². The maximum absolute atomic E-state index is 13.3. The second-order valence-electron chi connectivity index (χ2n) is 8.00. The van der Waals surface area contributed by atoms with Crippen molar-refractivity contribution in [3.8, 4) is 28.1 Å². The summed E-state index contributed by atoms with van der Waals surface area (Å²) >= 11 is 12.2. The number of hydrogen-bond donors (Lipinski definition) is 0. The third-order valence-corrected chi connectivity index (χ3v) is 6.11. The molecular formula is C25H16Cl2F3N5O2. The molecule has 0 atom stereocenters. The molecule has 3 heterocycles. The van der Waals surface area contributed by atoms with Gasteiger partial charge in [0.2, 0.25) is 5.88 Å². The zero-order chi connectivity index (χ0) is 26.3. The van der Waals surface area contributed by atoms with Crippen molar-refractivity contribution >= 4 is 28.8 Å². The highest BCUT2D eigenvalue weighted by atomic mass is 35.5. The Labute approximate surface area is 217 Å². The lowest BCUT2D eigenvalue weighted by Gasteiger charge is -2.14. The first-order chi connectivity index (χ1) is 17.7. The first-order valence-corrected chi connectivity index (χ1v) is 11.5. The molecule has 37 heavy (non-hydrogen) atoms. The molecule has 7 nitrogen and oxygen atoms in total. The summed E-state index contributed by atoms with van der Waals surface area (Å²) in [5, 5.41) is 9.93. The van der Waals surface area contributed by atoms with Crippen molar-refractivity contribution in [3.63, 3.8) is 0 Å². The molecule has 0 aliphatic carbocycles. The third kappa shape index (κ3) is 4.77. The normalized spacial score (nSPS) is 11.7. The van der Waals surface area contributed by atoms with E-state index in [1.54, 1.807) is 48.5 Å². The van der Waals surface area contributed by atoms with Crippen LogP contribution in [0.5, 0.6) is 5.88 Å². The van der Waals surface area contributed by atoms with Crippen LogP contribution in [0, 0.1) is 0 Å². The molecule has 0 amide bonds. The van der Waals surface area contributed by atoms with E-state index in [2.05, 4.69) is 15.2 Å². The minimum atomic E-state index is -4.57. The number of nitrogens with zero attached hydrogens (tertiary/aromatic N) is 5. The van der Waals surface area contributed by atoms with Crippen LogP contribution in [0.3, 0.4) is 0 Å². The molecule has 12 heteroatoms. The van der Waals surface area contributed by atoms with Gasteiger partial charge < -0.3 is 4.74 Å². The van der Waals surface area contributed by atoms with Gasteiger partial charge in [-0.2, -0.15) is 17.7 Å². The number of ether oxygens (including phenoxy) is 1. The SMILES string of the molecule is COc1nn2c(=O)n(Cc3ccc(C(F)(F)F)nc3)nc2c(-c2ccc(Cl)cc2)c1-c1ccc(Cl)cc1. The van der Waals surface area contributed by atoms with Crippen molar-refractivity contribution in [2.24, 2.45) is 0 Å². The second kappa shape index (κ2) is 9.53. The average Bonchev–Trinajstić information content (AvgIpc) is 3.18. The summed E-state index contributed by atoms with van der Waals surface area (Å²) in [6, 6.07) is 16.1. The van der Waals surface area contributed by atoms with Gasteiger partial charge in [0.25, 0.3) is 0 Å². The summed E-state index contributed by atoms with van der Waals surface area (Å²) in [4.78, 5) is 16.7. The highest BCUT2D eigenvalue weighted by molar-refractivity contribution is 6.31. The van der Waals surface area contributed by atoms with Gasteiger partial charge in [0.15, 0.2) is 5.65 Å². The molecular weight excluding hydrogens is 530 g/mol. The number of benzene rings is 2. The summed E-state index contributed by atoms with van der Waals surface area (Å²) in [5.74, 6) is 0.164. The Bertz CT molecular complexity index is 1650. The van der Waals surface area contributed by atoms with Crippen LogP contribution in [0.1, 0.15) is 11.3 Å². The summed E-state index contributed by atoms with van der Waals surface area (Å²) in [6.07, 6.45) is -3.50. The van der Waals surface area contributed by atoms with Gasteiger partial charge in [-0.05, 0) is 47.0 Å². The first-order valence-electron chi connectivity index (χ1n) is 10.8. The molecule has 2 aromatic carbocycles. The summed E-state index contributed by atoms with van der Waals surface area (Å²) in [7, 11) is 1.43. The molecule has 0 saturated carbocycles. The van der Waals surface area contributed by atoms with Crippen molar-refractivity contribution in [3.05, 3.63) is 98.6 Å². The molecule has 5 rings (SSSR count). The Kier molecular flexibility index (Phi) is 6.38. The Morgan fingerprint density at radius 1 is 0.865 bits per heavy atom. The average molecular weight is 546 g/mol. The molecule has 3 aromatic heterocycles. The number of pyridine rings is 1. The zero-order valence-electron chi connectivity index (χ0n) is 19.0. The standard InChI is InChI=1S/C25H16Cl2F3N5O2/c1-37-23-21(16-5-9-18(27)10-6-16)20(15-3-7-17(26)8-4-15)22-32-34(24(36)35(22)33-23)13-14-2-11-19(31-12-14)25(28,29)30/h2-12H,13H2,1H3. The maximum Gasteiger partial charge on any atom is 0.433 e. The van der Waals surface area contributed by atoms with E-state index < -0.39 is 17.6 Å². The van der Waals surface area contributed by atoms with E-state index in [4.69, 9.17) is 27.9 Å². The van der Waals surface area contributed by atoms with Gasteiger partial charge in [0, 0.05) is 21.8 Å². The van der Waals surface area contributed by atoms with Crippen LogP contribution in [0.2, 0.25) is 10.0 Å². The minimum Gasteiger partial charge on any atom is -0.480 e. The Morgan fingerprint density at radius 2 is 1.46 bits per heavy atom. The van der Waals surface area contributed by atoms with E-state index >= 15 is 0 Å². The molecule has 5 aromatic rings. The number of hydrogen-bond acceptors (Lipinski definition) is 5. The van der Waals surface area contributed by atoms with Gasteiger partial charge in [0.05, 0.1) is 19.2 Å². The fourth-order valence-corrected chi connectivity index (χ4v) is 4.14. The Hall–Kier alpha value is -3.89. The molecule has 0 fully saturated rings. The molecule has 0 bridgehead atoms. The Balaban J connectivity index is 1.72. The van der Waals surface area contributed by atoms with Crippen LogP contribution < -0.4 is 10.4 Å². The van der Waals surface area contributed by atoms with E-state index in [1.807, 2.05) is 0 Å². The lowest BCUT2D eigenvalue weighted by molar-refractivity contribution is -0.141. The number of rotatable bonds is 5. The lowest BCUT2D eigenvalue weighted by Crippen LogP contribution is -2.23. The molecule has 0 aliphatic rings. The quantitative estimate of drug-likeness (QED) is 0.270. The van der Waals surface area contributed by atoms with Crippen LogP contribution in [0.4, 0.5) is 13.2 Å². The summed E-state index contributed by atoms with van der Waals surface area (Å²) in [6.45, 7) is -0.119. The zero-order valence-corrected chi connectivity index (χ0v) is 20.5.